The summed E-state index contributed by atoms with van der Waals surface area (Å²) in [4.78, 5) is 8.60. The van der Waals surface area contributed by atoms with Crippen molar-refractivity contribution in [2.45, 2.75) is 32.7 Å². The van der Waals surface area contributed by atoms with Gasteiger partial charge in [-0.15, -0.1) is 11.3 Å². The molecule has 0 amide bonds. The molecule has 146 valence electrons. The number of hydrogen-bond donors (Lipinski definition) is 0. The van der Waals surface area contributed by atoms with Gasteiger partial charge in [-0.1, -0.05) is 42.5 Å². The summed E-state index contributed by atoms with van der Waals surface area (Å²) >= 11 is 1.84. The molecule has 2 aliphatic rings. The Labute approximate surface area is 177 Å². The van der Waals surface area contributed by atoms with Crippen molar-refractivity contribution in [3.05, 3.63) is 99.0 Å². The molecule has 1 saturated heterocycles. The standard InChI is InChI=1S/C26H26N2S/c1-18-16-21-7-3-4-9-23(21)25(24-12-15-29-26(18)24)20-10-13-28(14-11-20)17-22-8-5-6-19(2)27-22/h3-9,12,15H,1,10-11,13-14,16-17H2,2H3. The minimum atomic E-state index is 0.946. The average molecular weight is 399 g/mol. The van der Waals surface area contributed by atoms with E-state index in [0.717, 1.165) is 44.6 Å². The molecule has 3 heterocycles. The van der Waals surface area contributed by atoms with E-state index >= 15 is 0 Å². The Kier molecular flexibility index (Phi) is 4.94. The van der Waals surface area contributed by atoms with Crippen LogP contribution in [0.25, 0.3) is 11.1 Å². The maximum atomic E-state index is 4.69. The Morgan fingerprint density at radius 1 is 1.00 bits per heavy atom. The van der Waals surface area contributed by atoms with E-state index in [-0.39, 0.29) is 0 Å². The van der Waals surface area contributed by atoms with Crippen molar-refractivity contribution in [1.82, 2.24) is 9.88 Å². The van der Waals surface area contributed by atoms with Crippen molar-refractivity contribution in [2.24, 2.45) is 0 Å². The number of likely N-dealkylation sites (tertiary alicyclic amines) is 1. The van der Waals surface area contributed by atoms with Crippen LogP contribution in [-0.4, -0.2) is 23.0 Å². The molecule has 0 saturated carbocycles. The van der Waals surface area contributed by atoms with Gasteiger partial charge in [-0.05, 0) is 72.0 Å². The third kappa shape index (κ3) is 3.61. The van der Waals surface area contributed by atoms with Gasteiger partial charge in [0.25, 0.3) is 0 Å². The smallest absolute Gasteiger partial charge is 0.0547 e. The Bertz CT molecular complexity index is 1100. The normalized spacial score (nSPS) is 17.1. The van der Waals surface area contributed by atoms with Crippen molar-refractivity contribution >= 4 is 22.5 Å². The van der Waals surface area contributed by atoms with Gasteiger partial charge in [0.2, 0.25) is 0 Å². The molecule has 0 unspecified atom stereocenters. The first-order valence-electron chi connectivity index (χ1n) is 10.4. The van der Waals surface area contributed by atoms with E-state index in [1.165, 1.54) is 38.4 Å². The number of nitrogens with zero attached hydrogens (tertiary/aromatic N) is 2. The van der Waals surface area contributed by atoms with Crippen LogP contribution in [0.5, 0.6) is 0 Å². The molecule has 0 radical (unpaired) electrons. The highest BCUT2D eigenvalue weighted by Crippen LogP contribution is 2.43. The molecule has 1 aliphatic heterocycles. The fraction of sp³-hybridized carbons (Fsp3) is 0.269. The molecule has 2 nitrogen and oxygen atoms in total. The number of hydrogen-bond acceptors (Lipinski definition) is 3. The predicted octanol–water partition coefficient (Wildman–Crippen LogP) is 6.12. The molecule has 3 aromatic rings. The van der Waals surface area contributed by atoms with Crippen LogP contribution in [0.15, 0.2) is 66.1 Å². The number of pyridine rings is 1. The van der Waals surface area contributed by atoms with Gasteiger partial charge >= 0.3 is 0 Å². The summed E-state index contributed by atoms with van der Waals surface area (Å²) in [5.41, 5.74) is 10.8. The zero-order chi connectivity index (χ0) is 19.8. The van der Waals surface area contributed by atoms with E-state index in [9.17, 15) is 0 Å². The Morgan fingerprint density at radius 3 is 2.66 bits per heavy atom. The van der Waals surface area contributed by atoms with E-state index < -0.39 is 0 Å². The highest BCUT2D eigenvalue weighted by molar-refractivity contribution is 7.11. The summed E-state index contributed by atoms with van der Waals surface area (Å²) in [6, 6.07) is 17.5. The van der Waals surface area contributed by atoms with Gasteiger partial charge in [0.1, 0.15) is 0 Å². The highest BCUT2D eigenvalue weighted by atomic mass is 32.1. The van der Waals surface area contributed by atoms with Crippen molar-refractivity contribution in [2.75, 3.05) is 13.1 Å². The van der Waals surface area contributed by atoms with Crippen molar-refractivity contribution in [1.29, 1.82) is 0 Å². The number of rotatable bonds is 2. The molecule has 1 aliphatic carbocycles. The fourth-order valence-electron chi connectivity index (χ4n) is 4.68. The lowest BCUT2D eigenvalue weighted by Crippen LogP contribution is -2.31. The number of allylic oxidation sites excluding steroid dienone is 1. The maximum absolute atomic E-state index is 4.69. The number of benzene rings is 1. The van der Waals surface area contributed by atoms with Crippen LogP contribution in [-0.2, 0) is 13.0 Å². The zero-order valence-corrected chi connectivity index (χ0v) is 17.8. The summed E-state index contributed by atoms with van der Waals surface area (Å²) in [6.07, 6.45) is 3.19. The number of thiophene rings is 1. The van der Waals surface area contributed by atoms with Gasteiger partial charge in [0, 0.05) is 35.8 Å². The second kappa shape index (κ2) is 7.74. The molecule has 0 N–H and O–H groups in total. The first-order chi connectivity index (χ1) is 14.2. The minimum absolute atomic E-state index is 0.946. The Balaban J connectivity index is 1.47. The fourth-order valence-corrected chi connectivity index (χ4v) is 5.56. The quantitative estimate of drug-likeness (QED) is 0.517. The van der Waals surface area contributed by atoms with E-state index in [0.29, 0.717) is 0 Å². The highest BCUT2D eigenvalue weighted by Gasteiger charge is 2.25. The lowest BCUT2D eigenvalue weighted by molar-refractivity contribution is 0.246. The summed E-state index contributed by atoms with van der Waals surface area (Å²) < 4.78 is 0. The third-order valence-corrected chi connectivity index (χ3v) is 7.11. The number of fused-ring (bicyclic) bond motifs is 2. The first kappa shape index (κ1) is 18.5. The molecular formula is C26H26N2S. The third-order valence-electron chi connectivity index (χ3n) is 6.09. The second-order valence-corrected chi connectivity index (χ2v) is 9.04. The molecule has 29 heavy (non-hydrogen) atoms. The first-order valence-corrected chi connectivity index (χ1v) is 11.3. The Morgan fingerprint density at radius 2 is 1.83 bits per heavy atom. The summed E-state index contributed by atoms with van der Waals surface area (Å²) in [5, 5.41) is 2.23. The molecule has 0 spiro atoms. The van der Waals surface area contributed by atoms with Crippen LogP contribution in [0.1, 0.15) is 45.8 Å². The molecule has 2 aromatic heterocycles. The van der Waals surface area contributed by atoms with Crippen LogP contribution >= 0.6 is 11.3 Å². The predicted molar refractivity (Wildman–Crippen MR) is 123 cm³/mol. The average Bonchev–Trinajstić information content (AvgIpc) is 3.16. The topological polar surface area (TPSA) is 16.1 Å². The lowest BCUT2D eigenvalue weighted by atomic mass is 9.87. The van der Waals surface area contributed by atoms with Crippen molar-refractivity contribution in [3.8, 4) is 0 Å². The molecule has 5 rings (SSSR count). The lowest BCUT2D eigenvalue weighted by Gasteiger charge is -2.30. The maximum Gasteiger partial charge on any atom is 0.0547 e. The summed E-state index contributed by atoms with van der Waals surface area (Å²) in [6.45, 7) is 9.61. The second-order valence-electron chi connectivity index (χ2n) is 8.13. The number of aryl methyl sites for hydroxylation is 1. The SMILES string of the molecule is C=C1Cc2ccccc2C(=C2CCN(Cc3cccc(C)n3)CC2)c2ccsc21. The van der Waals surface area contributed by atoms with Crippen LogP contribution < -0.4 is 0 Å². The summed E-state index contributed by atoms with van der Waals surface area (Å²) in [5.74, 6) is 0. The van der Waals surface area contributed by atoms with Gasteiger partial charge < -0.3 is 0 Å². The molecule has 1 aromatic carbocycles. The summed E-state index contributed by atoms with van der Waals surface area (Å²) in [7, 11) is 0. The van der Waals surface area contributed by atoms with Crippen LogP contribution in [0.4, 0.5) is 0 Å². The van der Waals surface area contributed by atoms with Crippen LogP contribution in [0.2, 0.25) is 0 Å². The van der Waals surface area contributed by atoms with Gasteiger partial charge in [0.05, 0.1) is 5.69 Å². The number of aromatic nitrogens is 1. The van der Waals surface area contributed by atoms with Gasteiger partial charge in [-0.25, -0.2) is 0 Å². The molecule has 0 bridgehead atoms. The van der Waals surface area contributed by atoms with Crippen molar-refractivity contribution in [3.63, 3.8) is 0 Å². The molecule has 3 heteroatoms. The van der Waals surface area contributed by atoms with Gasteiger partial charge in [-0.3, -0.25) is 9.88 Å². The van der Waals surface area contributed by atoms with Gasteiger partial charge in [-0.2, -0.15) is 0 Å². The Hall–Kier alpha value is -2.49. The van der Waals surface area contributed by atoms with Gasteiger partial charge in [0.15, 0.2) is 0 Å². The largest absolute Gasteiger partial charge is 0.297 e. The monoisotopic (exact) mass is 398 g/mol. The van der Waals surface area contributed by atoms with Crippen LogP contribution in [0.3, 0.4) is 0 Å². The van der Waals surface area contributed by atoms with E-state index in [4.69, 9.17) is 0 Å². The molecular weight excluding hydrogens is 372 g/mol. The van der Waals surface area contributed by atoms with Crippen molar-refractivity contribution < 1.29 is 0 Å². The van der Waals surface area contributed by atoms with E-state index in [1.807, 2.05) is 11.3 Å². The number of piperidine rings is 1. The zero-order valence-electron chi connectivity index (χ0n) is 16.9. The van der Waals surface area contributed by atoms with E-state index in [1.54, 1.807) is 5.57 Å². The minimum Gasteiger partial charge on any atom is -0.297 e. The molecule has 0 atom stereocenters. The molecule has 1 fully saturated rings. The van der Waals surface area contributed by atoms with E-state index in [2.05, 4.69) is 77.3 Å². The van der Waals surface area contributed by atoms with Crippen LogP contribution in [0, 0.1) is 6.92 Å².